The Kier molecular flexibility index (Phi) is 3.84. The molecule has 1 fully saturated rings. The summed E-state index contributed by atoms with van der Waals surface area (Å²) in [6, 6.07) is 1.73. The van der Waals surface area contributed by atoms with Crippen LogP contribution in [0.2, 0.25) is 0 Å². The average molecular weight is 275 g/mol. The van der Waals surface area contributed by atoms with E-state index in [1.807, 2.05) is 0 Å². The predicted molar refractivity (Wildman–Crippen MR) is 65.5 cm³/mol. The molecule has 19 heavy (non-hydrogen) atoms. The smallest absolute Gasteiger partial charge is 0.393 e. The number of aliphatic hydroxyl groups is 1. The molecule has 2 rings (SSSR count). The van der Waals surface area contributed by atoms with Crippen molar-refractivity contribution in [2.45, 2.75) is 31.5 Å². The van der Waals surface area contributed by atoms with E-state index in [1.54, 1.807) is 0 Å². The maximum absolute atomic E-state index is 12.6. The van der Waals surface area contributed by atoms with Gasteiger partial charge in [0.2, 0.25) is 0 Å². The first-order valence-electron chi connectivity index (χ1n) is 6.13. The van der Waals surface area contributed by atoms with Crippen molar-refractivity contribution in [3.05, 3.63) is 17.7 Å². The minimum atomic E-state index is -4.44. The van der Waals surface area contributed by atoms with E-state index >= 15 is 0 Å². The van der Waals surface area contributed by atoms with Crippen molar-refractivity contribution in [2.24, 2.45) is 5.92 Å². The van der Waals surface area contributed by atoms with Crippen molar-refractivity contribution in [3.63, 3.8) is 0 Å². The molecule has 7 heteroatoms. The van der Waals surface area contributed by atoms with Crippen molar-refractivity contribution < 1.29 is 18.3 Å². The number of nitrogens with zero attached hydrogens (tertiary/aromatic N) is 1. The molecular weight excluding hydrogens is 259 g/mol. The Morgan fingerprint density at radius 1 is 1.37 bits per heavy atom. The van der Waals surface area contributed by atoms with Gasteiger partial charge < -0.3 is 16.2 Å². The highest BCUT2D eigenvalue weighted by Gasteiger charge is 2.31. The quantitative estimate of drug-likeness (QED) is 0.791. The Morgan fingerprint density at radius 3 is 2.68 bits per heavy atom. The second kappa shape index (κ2) is 5.24. The molecule has 0 bridgehead atoms. The summed E-state index contributed by atoms with van der Waals surface area (Å²) >= 11 is 0. The number of nitrogens with two attached hydrogens (primary N) is 1. The zero-order valence-electron chi connectivity index (χ0n) is 10.2. The third-order valence-corrected chi connectivity index (χ3v) is 3.34. The van der Waals surface area contributed by atoms with Gasteiger partial charge in [-0.05, 0) is 25.0 Å². The fourth-order valence-electron chi connectivity index (χ4n) is 2.30. The molecule has 0 spiro atoms. The normalized spacial score (nSPS) is 23.6. The summed E-state index contributed by atoms with van der Waals surface area (Å²) in [5.74, 6) is -0.0340. The van der Waals surface area contributed by atoms with Crippen molar-refractivity contribution in [2.75, 3.05) is 17.6 Å². The predicted octanol–water partition coefficient (Wildman–Crippen LogP) is 2.26. The number of rotatable bonds is 3. The highest BCUT2D eigenvalue weighted by atomic mass is 19.4. The molecule has 1 aromatic rings. The first-order chi connectivity index (χ1) is 8.86. The topological polar surface area (TPSA) is 71.2 Å². The number of aromatic nitrogens is 1. The van der Waals surface area contributed by atoms with Crippen LogP contribution in [0.25, 0.3) is 0 Å². The number of nitrogens with one attached hydrogen (secondary N) is 1. The number of anilines is 2. The van der Waals surface area contributed by atoms with Crippen molar-refractivity contribution in [1.82, 2.24) is 4.98 Å². The van der Waals surface area contributed by atoms with Gasteiger partial charge in [0, 0.05) is 12.5 Å². The summed E-state index contributed by atoms with van der Waals surface area (Å²) in [6.45, 7) is 0.398. The van der Waals surface area contributed by atoms with Crippen LogP contribution >= 0.6 is 0 Å². The first kappa shape index (κ1) is 13.9. The molecule has 0 radical (unpaired) electrons. The summed E-state index contributed by atoms with van der Waals surface area (Å²) in [7, 11) is 0. The Morgan fingerprint density at radius 2 is 2.11 bits per heavy atom. The number of hydrogen-bond acceptors (Lipinski definition) is 4. The number of hydrogen-bond donors (Lipinski definition) is 3. The number of aliphatic hydroxyl groups excluding tert-OH is 1. The number of nitrogen functional groups attached to an aromatic ring is 1. The van der Waals surface area contributed by atoms with Crippen LogP contribution in [0, 0.1) is 5.92 Å². The van der Waals surface area contributed by atoms with E-state index in [0.717, 1.165) is 31.4 Å². The van der Waals surface area contributed by atoms with Crippen LogP contribution in [0.5, 0.6) is 0 Å². The summed E-state index contributed by atoms with van der Waals surface area (Å²) in [5, 5.41) is 12.5. The molecule has 1 aliphatic carbocycles. The van der Waals surface area contributed by atoms with E-state index in [-0.39, 0.29) is 17.6 Å². The van der Waals surface area contributed by atoms with Crippen LogP contribution in [0.4, 0.5) is 24.8 Å². The number of pyridine rings is 1. The molecule has 0 saturated heterocycles. The largest absolute Gasteiger partial charge is 0.416 e. The molecular formula is C12H16F3N3O. The van der Waals surface area contributed by atoms with Crippen LogP contribution < -0.4 is 11.1 Å². The van der Waals surface area contributed by atoms with E-state index in [2.05, 4.69) is 10.3 Å². The SMILES string of the molecule is Nc1cc(C(F)(F)F)cc(NCC2CCCC2O)n1. The van der Waals surface area contributed by atoms with Crippen LogP contribution in [-0.4, -0.2) is 22.7 Å². The van der Waals surface area contributed by atoms with E-state index < -0.39 is 17.8 Å². The molecule has 1 aliphatic rings. The molecule has 4 nitrogen and oxygen atoms in total. The van der Waals surface area contributed by atoms with Crippen LogP contribution in [-0.2, 0) is 6.18 Å². The highest BCUT2D eigenvalue weighted by Crippen LogP contribution is 2.32. The molecule has 0 aromatic carbocycles. The van der Waals surface area contributed by atoms with Crippen molar-refractivity contribution >= 4 is 11.6 Å². The molecule has 0 aliphatic heterocycles. The molecule has 1 aromatic heterocycles. The Balaban J connectivity index is 2.06. The van der Waals surface area contributed by atoms with E-state index in [0.29, 0.717) is 6.54 Å². The van der Waals surface area contributed by atoms with E-state index in [1.165, 1.54) is 0 Å². The monoisotopic (exact) mass is 275 g/mol. The Bertz CT molecular complexity index is 450. The van der Waals surface area contributed by atoms with Gasteiger partial charge in [0.05, 0.1) is 11.7 Å². The molecule has 0 amide bonds. The molecule has 106 valence electrons. The van der Waals surface area contributed by atoms with Gasteiger partial charge in [0.15, 0.2) is 0 Å². The molecule has 2 unspecified atom stereocenters. The lowest BCUT2D eigenvalue weighted by molar-refractivity contribution is -0.137. The molecule has 2 atom stereocenters. The van der Waals surface area contributed by atoms with Gasteiger partial charge in [0.25, 0.3) is 0 Å². The third kappa shape index (κ3) is 3.50. The van der Waals surface area contributed by atoms with Crippen LogP contribution in [0.15, 0.2) is 12.1 Å². The lowest BCUT2D eigenvalue weighted by Gasteiger charge is -2.16. The Labute approximate surface area is 108 Å². The fraction of sp³-hybridized carbons (Fsp3) is 0.583. The maximum Gasteiger partial charge on any atom is 0.416 e. The summed E-state index contributed by atoms with van der Waals surface area (Å²) in [6.07, 6.45) is -2.30. The number of halogens is 3. The molecule has 4 N–H and O–H groups in total. The minimum absolute atomic E-state index is 0.0533. The zero-order chi connectivity index (χ0) is 14.0. The summed E-state index contributed by atoms with van der Waals surface area (Å²) in [5.41, 5.74) is 4.54. The highest BCUT2D eigenvalue weighted by molar-refractivity contribution is 5.47. The number of alkyl halides is 3. The van der Waals surface area contributed by atoms with Gasteiger partial charge in [-0.3, -0.25) is 0 Å². The molecule has 1 saturated carbocycles. The van der Waals surface area contributed by atoms with Gasteiger partial charge in [0.1, 0.15) is 11.6 Å². The standard InChI is InChI=1S/C12H16F3N3O/c13-12(14,15)8-4-10(16)18-11(5-8)17-6-7-2-1-3-9(7)19/h4-5,7,9,19H,1-3,6H2,(H3,16,17,18). The lowest BCUT2D eigenvalue weighted by atomic mass is 10.1. The molecule has 1 heterocycles. The van der Waals surface area contributed by atoms with E-state index in [9.17, 15) is 18.3 Å². The van der Waals surface area contributed by atoms with E-state index in [4.69, 9.17) is 5.73 Å². The fourth-order valence-corrected chi connectivity index (χ4v) is 2.30. The first-order valence-corrected chi connectivity index (χ1v) is 6.13. The van der Waals surface area contributed by atoms with Gasteiger partial charge in [-0.2, -0.15) is 13.2 Å². The third-order valence-electron chi connectivity index (χ3n) is 3.34. The van der Waals surface area contributed by atoms with Gasteiger partial charge in [-0.15, -0.1) is 0 Å². The zero-order valence-corrected chi connectivity index (χ0v) is 10.2. The Hall–Kier alpha value is -1.50. The minimum Gasteiger partial charge on any atom is -0.393 e. The summed E-state index contributed by atoms with van der Waals surface area (Å²) < 4.78 is 37.8. The summed E-state index contributed by atoms with van der Waals surface area (Å²) in [4.78, 5) is 3.82. The second-order valence-electron chi connectivity index (χ2n) is 4.80. The lowest BCUT2D eigenvalue weighted by Crippen LogP contribution is -2.22. The second-order valence-corrected chi connectivity index (χ2v) is 4.80. The van der Waals surface area contributed by atoms with Crippen molar-refractivity contribution in [3.8, 4) is 0 Å². The average Bonchev–Trinajstić information content (AvgIpc) is 2.70. The van der Waals surface area contributed by atoms with Gasteiger partial charge in [-0.1, -0.05) is 6.42 Å². The van der Waals surface area contributed by atoms with Crippen LogP contribution in [0.3, 0.4) is 0 Å². The van der Waals surface area contributed by atoms with Gasteiger partial charge >= 0.3 is 6.18 Å². The maximum atomic E-state index is 12.6. The van der Waals surface area contributed by atoms with Gasteiger partial charge in [-0.25, -0.2) is 4.98 Å². The van der Waals surface area contributed by atoms with Crippen LogP contribution in [0.1, 0.15) is 24.8 Å². The van der Waals surface area contributed by atoms with Crippen molar-refractivity contribution in [1.29, 1.82) is 0 Å².